The Labute approximate surface area is 147 Å². The van der Waals surface area contributed by atoms with Gasteiger partial charge in [0.1, 0.15) is 0 Å². The molecule has 3 rings (SSSR count). The van der Waals surface area contributed by atoms with E-state index in [-0.39, 0.29) is 6.54 Å². The van der Waals surface area contributed by atoms with Crippen LogP contribution in [0.1, 0.15) is 11.1 Å². The number of benzene rings is 2. The summed E-state index contributed by atoms with van der Waals surface area (Å²) in [5.41, 5.74) is 2.60. The molecule has 0 bridgehead atoms. The molecule has 0 saturated heterocycles. The fourth-order valence-electron chi connectivity index (χ4n) is 2.34. The molecule has 0 atom stereocenters. The Morgan fingerprint density at radius 2 is 1.68 bits per heavy atom. The molecule has 2 aromatic carbocycles. The molecule has 0 aliphatic heterocycles. The second-order valence-corrected chi connectivity index (χ2v) is 7.57. The maximum atomic E-state index is 12.4. The van der Waals surface area contributed by atoms with Gasteiger partial charge in [-0.2, -0.15) is 9.40 Å². The third-order valence-corrected chi connectivity index (χ3v) is 5.21. The fourth-order valence-corrected chi connectivity index (χ4v) is 3.21. The van der Waals surface area contributed by atoms with Crippen LogP contribution in [0.3, 0.4) is 0 Å². The quantitative estimate of drug-likeness (QED) is 0.683. The first kappa shape index (κ1) is 17.1. The first-order valence-electron chi connectivity index (χ1n) is 7.83. The van der Waals surface area contributed by atoms with Crippen LogP contribution in [0.4, 0.5) is 0 Å². The van der Waals surface area contributed by atoms with Gasteiger partial charge in [0.15, 0.2) is 0 Å². The number of aromatic nitrogens is 2. The number of para-hydroxylation sites is 1. The van der Waals surface area contributed by atoms with Crippen molar-refractivity contribution in [2.24, 2.45) is 0 Å². The lowest BCUT2D eigenvalue weighted by atomic mass is 10.2. The summed E-state index contributed by atoms with van der Waals surface area (Å²) in [6.07, 6.45) is 5.11. The molecule has 25 heavy (non-hydrogen) atoms. The van der Waals surface area contributed by atoms with E-state index in [0.717, 1.165) is 16.8 Å². The van der Waals surface area contributed by atoms with Crippen LogP contribution in [-0.2, 0) is 16.6 Å². The van der Waals surface area contributed by atoms with Crippen molar-refractivity contribution in [2.75, 3.05) is 7.05 Å². The second-order valence-electron chi connectivity index (χ2n) is 5.64. The van der Waals surface area contributed by atoms with Crippen molar-refractivity contribution in [2.45, 2.75) is 6.54 Å². The van der Waals surface area contributed by atoms with Crippen molar-refractivity contribution >= 4 is 16.1 Å². The van der Waals surface area contributed by atoms with Crippen LogP contribution in [-0.4, -0.2) is 29.6 Å². The Morgan fingerprint density at radius 1 is 1.04 bits per heavy atom. The van der Waals surface area contributed by atoms with Gasteiger partial charge in [0.05, 0.1) is 11.9 Å². The summed E-state index contributed by atoms with van der Waals surface area (Å²) in [7, 11) is -1.94. The number of rotatable bonds is 6. The summed E-state index contributed by atoms with van der Waals surface area (Å²) in [5.74, 6) is 0. The summed E-state index contributed by atoms with van der Waals surface area (Å²) in [4.78, 5) is 0. The molecule has 0 spiro atoms. The maximum Gasteiger partial charge on any atom is 0.236 e. The monoisotopic (exact) mass is 353 g/mol. The molecular weight excluding hydrogens is 334 g/mol. The van der Waals surface area contributed by atoms with Gasteiger partial charge in [-0.1, -0.05) is 48.5 Å². The van der Waals surface area contributed by atoms with E-state index in [9.17, 15) is 8.42 Å². The average molecular weight is 353 g/mol. The first-order chi connectivity index (χ1) is 12.0. The van der Waals surface area contributed by atoms with E-state index >= 15 is 0 Å². The molecule has 1 aromatic heterocycles. The van der Waals surface area contributed by atoms with Gasteiger partial charge in [-0.05, 0) is 23.8 Å². The molecule has 6 heteroatoms. The standard InChI is InChI=1S/C19H19N3O2S/c1-21(25(23,24)13-12-17-8-4-2-5-9-17)15-18-14-20-22(16-18)19-10-6-3-7-11-19/h2-14,16H,15H2,1H3/b13-12+. The van der Waals surface area contributed by atoms with Gasteiger partial charge in [-0.3, -0.25) is 0 Å². The molecule has 128 valence electrons. The van der Waals surface area contributed by atoms with Crippen LogP contribution in [0.2, 0.25) is 0 Å². The third kappa shape index (κ3) is 4.43. The minimum Gasteiger partial charge on any atom is -0.241 e. The average Bonchev–Trinajstić information content (AvgIpc) is 3.10. The minimum absolute atomic E-state index is 0.258. The van der Waals surface area contributed by atoms with E-state index < -0.39 is 10.0 Å². The number of hydrogen-bond donors (Lipinski definition) is 0. The second kappa shape index (κ2) is 7.46. The molecule has 0 radical (unpaired) electrons. The summed E-state index contributed by atoms with van der Waals surface area (Å²) >= 11 is 0. The molecule has 0 N–H and O–H groups in total. The van der Waals surface area contributed by atoms with Crippen LogP contribution in [0.5, 0.6) is 0 Å². The zero-order valence-corrected chi connectivity index (χ0v) is 14.7. The molecule has 0 unspecified atom stereocenters. The highest BCUT2D eigenvalue weighted by Crippen LogP contribution is 2.12. The van der Waals surface area contributed by atoms with E-state index in [1.165, 1.54) is 9.71 Å². The highest BCUT2D eigenvalue weighted by atomic mass is 32.2. The Morgan fingerprint density at radius 3 is 2.36 bits per heavy atom. The van der Waals surface area contributed by atoms with E-state index in [2.05, 4.69) is 5.10 Å². The van der Waals surface area contributed by atoms with E-state index in [0.29, 0.717) is 0 Å². The van der Waals surface area contributed by atoms with Crippen molar-refractivity contribution in [3.8, 4) is 5.69 Å². The fraction of sp³-hybridized carbons (Fsp3) is 0.105. The van der Waals surface area contributed by atoms with Crippen molar-refractivity contribution < 1.29 is 8.42 Å². The summed E-state index contributed by atoms with van der Waals surface area (Å²) in [6, 6.07) is 19.0. The lowest BCUT2D eigenvalue weighted by Crippen LogP contribution is -2.24. The zero-order chi connectivity index (χ0) is 17.7. The molecule has 1 heterocycles. The van der Waals surface area contributed by atoms with Crippen molar-refractivity contribution in [3.05, 3.63) is 89.6 Å². The van der Waals surface area contributed by atoms with E-state index in [1.54, 1.807) is 24.0 Å². The molecule has 5 nitrogen and oxygen atoms in total. The maximum absolute atomic E-state index is 12.4. The summed E-state index contributed by atoms with van der Waals surface area (Å²) < 4.78 is 27.8. The van der Waals surface area contributed by atoms with Crippen LogP contribution < -0.4 is 0 Å². The molecule has 0 saturated carbocycles. The molecule has 0 aliphatic rings. The first-order valence-corrected chi connectivity index (χ1v) is 9.33. The van der Waals surface area contributed by atoms with Crippen molar-refractivity contribution in [1.82, 2.24) is 14.1 Å². The third-order valence-electron chi connectivity index (χ3n) is 3.73. The van der Waals surface area contributed by atoms with Gasteiger partial charge in [-0.25, -0.2) is 13.1 Å². The largest absolute Gasteiger partial charge is 0.241 e. The minimum atomic E-state index is -3.50. The normalized spacial score (nSPS) is 12.1. The van der Waals surface area contributed by atoms with Gasteiger partial charge in [0, 0.05) is 30.8 Å². The molecule has 0 amide bonds. The van der Waals surface area contributed by atoms with Gasteiger partial charge in [0.25, 0.3) is 0 Å². The Bertz CT molecular complexity index is 949. The molecule has 0 aliphatic carbocycles. The van der Waals surface area contributed by atoms with Crippen LogP contribution in [0, 0.1) is 0 Å². The molecule has 0 fully saturated rings. The molecular formula is C19H19N3O2S. The predicted molar refractivity (Wildman–Crippen MR) is 99.4 cm³/mol. The van der Waals surface area contributed by atoms with Crippen LogP contribution in [0.15, 0.2) is 78.5 Å². The van der Waals surface area contributed by atoms with Crippen molar-refractivity contribution in [3.63, 3.8) is 0 Å². The summed E-state index contributed by atoms with van der Waals surface area (Å²) in [6.45, 7) is 0.258. The summed E-state index contributed by atoms with van der Waals surface area (Å²) in [5, 5.41) is 5.52. The lowest BCUT2D eigenvalue weighted by Gasteiger charge is -2.13. The van der Waals surface area contributed by atoms with Gasteiger partial charge < -0.3 is 0 Å². The van der Waals surface area contributed by atoms with E-state index in [1.807, 2.05) is 66.9 Å². The topological polar surface area (TPSA) is 55.2 Å². The Balaban J connectivity index is 1.70. The number of sulfonamides is 1. The van der Waals surface area contributed by atoms with Crippen LogP contribution in [0.25, 0.3) is 11.8 Å². The number of nitrogens with zero attached hydrogens (tertiary/aromatic N) is 3. The zero-order valence-electron chi connectivity index (χ0n) is 13.9. The van der Waals surface area contributed by atoms with Crippen molar-refractivity contribution in [1.29, 1.82) is 0 Å². The van der Waals surface area contributed by atoms with Gasteiger partial charge >= 0.3 is 0 Å². The highest BCUT2D eigenvalue weighted by molar-refractivity contribution is 7.92. The van der Waals surface area contributed by atoms with E-state index in [4.69, 9.17) is 0 Å². The van der Waals surface area contributed by atoms with Gasteiger partial charge in [-0.15, -0.1) is 0 Å². The molecule has 3 aromatic rings. The Kier molecular flexibility index (Phi) is 5.11. The van der Waals surface area contributed by atoms with Gasteiger partial charge in [0.2, 0.25) is 10.0 Å². The van der Waals surface area contributed by atoms with Crippen LogP contribution >= 0.6 is 0 Å². The number of hydrogen-bond acceptors (Lipinski definition) is 3. The Hall–Kier alpha value is -2.70. The smallest absolute Gasteiger partial charge is 0.236 e. The lowest BCUT2D eigenvalue weighted by molar-refractivity contribution is 0.475. The predicted octanol–water partition coefficient (Wildman–Crippen LogP) is 3.30. The SMILES string of the molecule is CN(Cc1cnn(-c2ccccc2)c1)S(=O)(=O)/C=C/c1ccccc1. The highest BCUT2D eigenvalue weighted by Gasteiger charge is 2.15.